The molecule has 0 aliphatic carbocycles. The number of hydrogen-bond acceptors (Lipinski definition) is 20. The summed E-state index contributed by atoms with van der Waals surface area (Å²) in [6, 6.07) is 9.81. The van der Waals surface area contributed by atoms with Gasteiger partial charge in [0.15, 0.2) is 11.5 Å². The fourth-order valence-electron chi connectivity index (χ4n) is 5.74. The molecule has 64 heavy (non-hydrogen) atoms. The molecule has 1 amide bonds. The number of ether oxygens (including phenoxy) is 2. The molecule has 1 aliphatic rings. The number of aromatic carboxylic acids is 1. The molecule has 1 atom stereocenters. The van der Waals surface area contributed by atoms with Crippen molar-refractivity contribution in [3.8, 4) is 23.0 Å². The highest BCUT2D eigenvalue weighted by Gasteiger charge is 2.41. The van der Waals surface area contributed by atoms with Gasteiger partial charge in [0.25, 0.3) is 36.3 Å². The number of carbonyl (C=O) groups is 3. The average Bonchev–Trinajstić information content (AvgIpc) is 3.56. The van der Waals surface area contributed by atoms with Crippen molar-refractivity contribution >= 4 is 98.8 Å². The van der Waals surface area contributed by atoms with Crippen LogP contribution >= 0.6 is 0 Å². The second kappa shape index (κ2) is 17.1. The Morgan fingerprint density at radius 3 is 1.78 bits per heavy atom. The number of methoxy groups -OCH3 is 2. The predicted octanol–water partition coefficient (Wildman–Crippen LogP) is 5.48. The van der Waals surface area contributed by atoms with Crippen LogP contribution in [0.2, 0.25) is 0 Å². The third-order valence-electron chi connectivity index (χ3n) is 8.69. The monoisotopic (exact) mass is 942 g/mol. The van der Waals surface area contributed by atoms with E-state index in [0.717, 1.165) is 42.5 Å². The van der Waals surface area contributed by atoms with Crippen molar-refractivity contribution in [2.24, 2.45) is 35.8 Å². The second-order valence-electron chi connectivity index (χ2n) is 12.7. The van der Waals surface area contributed by atoms with E-state index >= 15 is 0 Å². The summed E-state index contributed by atoms with van der Waals surface area (Å²) in [5.74, 6) is -6.48. The Kier molecular flexibility index (Phi) is 12.2. The van der Waals surface area contributed by atoms with Gasteiger partial charge in [-0.15, -0.1) is 20.5 Å². The van der Waals surface area contributed by atoms with E-state index in [4.69, 9.17) is 9.47 Å². The first-order valence-corrected chi connectivity index (χ1v) is 21.3. The molecule has 1 unspecified atom stereocenters. The number of nitrogens with zero attached hydrogens (tertiary/aromatic N) is 8. The number of carbonyl (C=O) groups excluding carboxylic acids is 1. The van der Waals surface area contributed by atoms with Crippen LogP contribution in [0.3, 0.4) is 0 Å². The topological polar surface area (TPSA) is 403 Å². The van der Waals surface area contributed by atoms with Crippen molar-refractivity contribution in [1.29, 1.82) is 0 Å². The molecule has 0 radical (unpaired) electrons. The van der Waals surface area contributed by atoms with Crippen LogP contribution in [0.15, 0.2) is 123 Å². The largest absolute Gasteiger partial charge is 0.507 e. The van der Waals surface area contributed by atoms with Crippen LogP contribution in [0.25, 0.3) is 10.8 Å². The molecule has 0 saturated carbocycles. The highest BCUT2D eigenvalue weighted by molar-refractivity contribution is 7.86. The lowest BCUT2D eigenvalue weighted by atomic mass is 10.1. The van der Waals surface area contributed by atoms with Gasteiger partial charge in [-0.25, -0.2) is 9.59 Å². The van der Waals surface area contributed by atoms with Crippen LogP contribution in [0.4, 0.5) is 34.1 Å². The number of hydrogen-bond donors (Lipinski definition) is 7. The molecule has 5 aromatic rings. The maximum atomic E-state index is 13.1. The fourth-order valence-corrected chi connectivity index (χ4v) is 7.41. The van der Waals surface area contributed by atoms with Gasteiger partial charge in [0.2, 0.25) is 6.04 Å². The Morgan fingerprint density at radius 2 is 1.25 bits per heavy atom. The molecule has 29 heteroatoms. The highest BCUT2D eigenvalue weighted by Crippen LogP contribution is 2.47. The van der Waals surface area contributed by atoms with Gasteiger partial charge in [0, 0.05) is 18.2 Å². The van der Waals surface area contributed by atoms with Gasteiger partial charge in [-0.3, -0.25) is 18.5 Å². The SMILES string of the molecule is COc1cc(N=Nc2c(S(=O)(=O)O)cc3cc(S(=O)(=O)O)cc(O)c3c2O)c(OC)cc1N=Nc1ccc(N=NC2C(=O)N(c3ccc(S(=O)(=O)O)cc3)N=C2C(=O)O)cc1C(=O)O. The number of anilines is 1. The van der Waals surface area contributed by atoms with Crippen LogP contribution in [-0.4, -0.2) is 103 Å². The Hall–Kier alpha value is -7.83. The van der Waals surface area contributed by atoms with Crippen LogP contribution in [-0.2, 0) is 39.9 Å². The van der Waals surface area contributed by atoms with Gasteiger partial charge in [0.1, 0.15) is 44.9 Å². The molecule has 0 spiro atoms. The van der Waals surface area contributed by atoms with E-state index in [1.807, 2.05) is 0 Å². The van der Waals surface area contributed by atoms with Gasteiger partial charge in [-0.2, -0.15) is 45.6 Å². The minimum atomic E-state index is -5.23. The number of phenolic OH excluding ortho intramolecular Hbond substituents is 2. The smallest absolute Gasteiger partial charge is 0.355 e. The zero-order valence-electron chi connectivity index (χ0n) is 31.9. The number of azo groups is 3. The van der Waals surface area contributed by atoms with E-state index in [1.54, 1.807) is 0 Å². The highest BCUT2D eigenvalue weighted by atomic mass is 32.2. The molecular weight excluding hydrogens is 917 g/mol. The van der Waals surface area contributed by atoms with Crippen molar-refractivity contribution in [3.63, 3.8) is 0 Å². The zero-order chi connectivity index (χ0) is 47.1. The van der Waals surface area contributed by atoms with Crippen LogP contribution < -0.4 is 14.5 Å². The molecule has 0 saturated heterocycles. The molecule has 1 aliphatic heterocycles. The molecule has 5 aromatic carbocycles. The molecule has 332 valence electrons. The summed E-state index contributed by atoms with van der Waals surface area (Å²) < 4.78 is 110. The summed E-state index contributed by atoms with van der Waals surface area (Å²) in [5.41, 5.74) is -3.07. The second-order valence-corrected chi connectivity index (χ2v) is 16.9. The first-order valence-electron chi connectivity index (χ1n) is 17.0. The Bertz CT molecular complexity index is 3290. The number of amides is 1. The van der Waals surface area contributed by atoms with E-state index < -0.39 is 108 Å². The normalized spacial score (nSPS) is 14.8. The quantitative estimate of drug-likeness (QED) is 0.0535. The van der Waals surface area contributed by atoms with E-state index in [0.29, 0.717) is 23.2 Å². The molecule has 0 bridgehead atoms. The number of aromatic hydroxyl groups is 2. The number of benzene rings is 5. The number of fused-ring (bicyclic) bond motifs is 1. The van der Waals surface area contributed by atoms with Gasteiger partial charge < -0.3 is 29.9 Å². The Labute approximate surface area is 358 Å². The number of rotatable bonds is 14. The minimum absolute atomic E-state index is 0.0783. The van der Waals surface area contributed by atoms with Gasteiger partial charge in [0.05, 0.1) is 46.3 Å². The maximum Gasteiger partial charge on any atom is 0.355 e. The summed E-state index contributed by atoms with van der Waals surface area (Å²) in [6.45, 7) is 0. The number of phenols is 2. The minimum Gasteiger partial charge on any atom is -0.507 e. The number of carboxylic acid groups (broad SMARTS) is 2. The third kappa shape index (κ3) is 9.32. The van der Waals surface area contributed by atoms with Gasteiger partial charge >= 0.3 is 11.9 Å². The van der Waals surface area contributed by atoms with E-state index in [1.165, 1.54) is 26.4 Å². The molecule has 26 nitrogen and oxygen atoms in total. The van der Waals surface area contributed by atoms with E-state index in [-0.39, 0.29) is 39.9 Å². The summed E-state index contributed by atoms with van der Waals surface area (Å²) in [6.07, 6.45) is 0. The lowest BCUT2D eigenvalue weighted by molar-refractivity contribution is -0.130. The summed E-state index contributed by atoms with van der Waals surface area (Å²) in [7, 11) is -12.4. The summed E-state index contributed by atoms with van der Waals surface area (Å²) >= 11 is 0. The van der Waals surface area contributed by atoms with Crippen molar-refractivity contribution in [3.05, 3.63) is 78.4 Å². The average molecular weight is 943 g/mol. The number of aliphatic carboxylic acids is 1. The van der Waals surface area contributed by atoms with Crippen LogP contribution in [0, 0.1) is 0 Å². The van der Waals surface area contributed by atoms with Gasteiger partial charge in [-0.05, 0) is 60.0 Å². The zero-order valence-corrected chi connectivity index (χ0v) is 34.4. The molecule has 7 N–H and O–H groups in total. The van der Waals surface area contributed by atoms with Crippen molar-refractivity contribution in [1.82, 2.24) is 0 Å². The molecule has 6 rings (SSSR count). The summed E-state index contributed by atoms with van der Waals surface area (Å²) in [4.78, 5) is 34.9. The van der Waals surface area contributed by atoms with Gasteiger partial charge in [-0.1, -0.05) is 0 Å². The van der Waals surface area contributed by atoms with Crippen LogP contribution in [0.5, 0.6) is 23.0 Å². The predicted molar refractivity (Wildman–Crippen MR) is 215 cm³/mol. The third-order valence-corrected chi connectivity index (χ3v) is 11.3. The van der Waals surface area contributed by atoms with Crippen LogP contribution in [0.1, 0.15) is 10.4 Å². The molecular formula is C35H26N8O18S3. The first kappa shape index (κ1) is 45.7. The first-order chi connectivity index (χ1) is 29.9. The molecule has 0 fully saturated rings. The lowest BCUT2D eigenvalue weighted by Crippen LogP contribution is -2.33. The molecule has 0 aromatic heterocycles. The Balaban J connectivity index is 1.30. The molecule has 1 heterocycles. The number of hydrazone groups is 1. The van der Waals surface area contributed by atoms with Crippen molar-refractivity contribution in [2.45, 2.75) is 20.7 Å². The van der Waals surface area contributed by atoms with E-state index in [2.05, 4.69) is 35.8 Å². The summed E-state index contributed by atoms with van der Waals surface area (Å²) in [5, 5.41) is 67.7. The van der Waals surface area contributed by atoms with E-state index in [9.17, 15) is 73.7 Å². The standard InChI is InChI=1S/C35H26N8O18S3/c1-60-25-14-23(39-40-29-27(64(57,58)59)10-15-9-19(63(54,55)56)12-24(44)28(15)32(29)45)26(61-2)13-22(25)38-37-21-8-3-16(11-20(21)34(47)48)36-41-30-31(35(49)50)42-43(33(30)46)17-4-6-18(7-5-17)62(51,52)53/h3-14,30,44-45H,1-2H3,(H,47,48)(H,49,50)(H,51,52,53)(H,54,55,56)(H,57,58,59). The Morgan fingerprint density at radius 1 is 0.672 bits per heavy atom. The van der Waals surface area contributed by atoms with Crippen molar-refractivity contribution in [2.75, 3.05) is 19.2 Å². The maximum absolute atomic E-state index is 13.1. The number of carboxylic acids is 2. The van der Waals surface area contributed by atoms with Crippen molar-refractivity contribution < 1.29 is 83.2 Å². The lowest BCUT2D eigenvalue weighted by Gasteiger charge is -2.12. The fraction of sp³-hybridized carbons (Fsp3) is 0.0857.